The van der Waals surface area contributed by atoms with E-state index in [0.717, 1.165) is 25.9 Å². The monoisotopic (exact) mass is 259 g/mol. The quantitative estimate of drug-likeness (QED) is 0.731. The number of halogens is 1. The van der Waals surface area contributed by atoms with Gasteiger partial charge in [-0.25, -0.2) is 0 Å². The highest BCUT2D eigenvalue weighted by Gasteiger charge is 2.11. The molecule has 1 rings (SSSR count). The summed E-state index contributed by atoms with van der Waals surface area (Å²) in [5, 5.41) is 2.88. The second-order valence-electron chi connectivity index (χ2n) is 3.68. The van der Waals surface area contributed by atoms with Gasteiger partial charge in [-0.05, 0) is 30.5 Å². The fourth-order valence-electron chi connectivity index (χ4n) is 1.28. The maximum absolute atomic E-state index is 11.6. The number of carbonyl (C=O) groups excluding carboxylic acids is 1. The normalized spacial score (nSPS) is 10.5. The number of carbonyl (C=O) groups is 1. The van der Waals surface area contributed by atoms with Gasteiger partial charge in [0.2, 0.25) is 5.22 Å². The van der Waals surface area contributed by atoms with Gasteiger partial charge in [0, 0.05) is 19.8 Å². The number of amides is 1. The van der Waals surface area contributed by atoms with Gasteiger partial charge in [0.05, 0.1) is 11.8 Å². The van der Waals surface area contributed by atoms with Crippen molar-refractivity contribution < 1.29 is 13.9 Å². The van der Waals surface area contributed by atoms with Crippen LogP contribution in [0, 0.1) is 0 Å². The highest BCUT2D eigenvalue weighted by molar-refractivity contribution is 6.32. The van der Waals surface area contributed by atoms with Crippen LogP contribution in [0.2, 0.25) is 5.22 Å². The number of ether oxygens (including phenoxy) is 1. The molecule has 1 heterocycles. The lowest BCUT2D eigenvalue weighted by molar-refractivity contribution is 0.0940. The van der Waals surface area contributed by atoms with E-state index in [1.54, 1.807) is 6.07 Å². The van der Waals surface area contributed by atoms with Crippen molar-refractivity contribution in [1.82, 2.24) is 5.32 Å². The van der Waals surface area contributed by atoms with Crippen molar-refractivity contribution in [3.8, 4) is 0 Å². The van der Waals surface area contributed by atoms with Gasteiger partial charge in [0.15, 0.2) is 0 Å². The minimum Gasteiger partial charge on any atom is -0.452 e. The van der Waals surface area contributed by atoms with Crippen LogP contribution in [0.5, 0.6) is 0 Å². The maximum atomic E-state index is 11.6. The Balaban J connectivity index is 2.07. The van der Waals surface area contributed by atoms with Crippen LogP contribution >= 0.6 is 11.6 Å². The number of unbranched alkanes of at least 4 members (excludes halogenated alkanes) is 1. The minimum atomic E-state index is -0.211. The zero-order chi connectivity index (χ0) is 12.5. The van der Waals surface area contributed by atoms with E-state index in [9.17, 15) is 4.79 Å². The van der Waals surface area contributed by atoms with Gasteiger partial charge >= 0.3 is 0 Å². The molecule has 0 spiro atoms. The first-order chi connectivity index (χ1) is 8.25. The van der Waals surface area contributed by atoms with Crippen molar-refractivity contribution in [2.24, 2.45) is 0 Å². The van der Waals surface area contributed by atoms with E-state index in [-0.39, 0.29) is 11.1 Å². The van der Waals surface area contributed by atoms with Crippen LogP contribution < -0.4 is 5.32 Å². The van der Waals surface area contributed by atoms with Crippen molar-refractivity contribution >= 4 is 17.5 Å². The van der Waals surface area contributed by atoms with Crippen LogP contribution in [0.25, 0.3) is 0 Å². The third-order valence-electron chi connectivity index (χ3n) is 2.26. The molecule has 0 atom stereocenters. The molecule has 5 heteroatoms. The molecule has 0 unspecified atom stereocenters. The van der Waals surface area contributed by atoms with E-state index in [2.05, 4.69) is 12.2 Å². The molecule has 4 nitrogen and oxygen atoms in total. The zero-order valence-electron chi connectivity index (χ0n) is 10.0. The Kier molecular flexibility index (Phi) is 6.74. The molecule has 0 aliphatic carbocycles. The number of furan rings is 1. The average molecular weight is 260 g/mol. The fourth-order valence-corrected chi connectivity index (χ4v) is 1.48. The van der Waals surface area contributed by atoms with E-state index in [0.29, 0.717) is 18.7 Å². The molecule has 0 radical (unpaired) electrons. The molecule has 1 aromatic rings. The van der Waals surface area contributed by atoms with Crippen molar-refractivity contribution in [2.75, 3.05) is 19.8 Å². The molecular weight excluding hydrogens is 242 g/mol. The lowest BCUT2D eigenvalue weighted by Crippen LogP contribution is -2.25. The van der Waals surface area contributed by atoms with Crippen molar-refractivity contribution in [3.05, 3.63) is 23.1 Å². The van der Waals surface area contributed by atoms with E-state index in [1.807, 2.05) is 0 Å². The van der Waals surface area contributed by atoms with Gasteiger partial charge in [-0.1, -0.05) is 13.3 Å². The predicted molar refractivity (Wildman–Crippen MR) is 66.4 cm³/mol. The first kappa shape index (κ1) is 14.1. The molecule has 17 heavy (non-hydrogen) atoms. The van der Waals surface area contributed by atoms with Crippen LogP contribution in [0.3, 0.4) is 0 Å². The lowest BCUT2D eigenvalue weighted by atomic mass is 10.3. The van der Waals surface area contributed by atoms with Crippen LogP contribution in [-0.2, 0) is 4.74 Å². The number of hydrogen-bond donors (Lipinski definition) is 1. The second kappa shape index (κ2) is 8.14. The van der Waals surface area contributed by atoms with Gasteiger partial charge in [-0.2, -0.15) is 0 Å². The van der Waals surface area contributed by atoms with E-state index in [4.69, 9.17) is 20.8 Å². The minimum absolute atomic E-state index is 0.127. The van der Waals surface area contributed by atoms with Crippen LogP contribution in [0.4, 0.5) is 0 Å². The lowest BCUT2D eigenvalue weighted by Gasteiger charge is -2.05. The van der Waals surface area contributed by atoms with E-state index in [1.165, 1.54) is 6.26 Å². The van der Waals surface area contributed by atoms with Gasteiger partial charge in [-0.15, -0.1) is 0 Å². The molecule has 0 bridgehead atoms. The standard InChI is InChI=1S/C12H18ClNO3/c1-2-3-7-16-8-4-6-14-12(15)10-5-9-17-11(10)13/h5,9H,2-4,6-8H2,1H3,(H,14,15). The smallest absolute Gasteiger partial charge is 0.256 e. The topological polar surface area (TPSA) is 51.5 Å². The Morgan fingerprint density at radius 1 is 1.47 bits per heavy atom. The molecule has 96 valence electrons. The Morgan fingerprint density at radius 2 is 2.24 bits per heavy atom. The summed E-state index contributed by atoms with van der Waals surface area (Å²) >= 11 is 5.68. The molecular formula is C12H18ClNO3. The fraction of sp³-hybridized carbons (Fsp3) is 0.583. The maximum Gasteiger partial charge on any atom is 0.256 e. The molecule has 1 aromatic heterocycles. The van der Waals surface area contributed by atoms with Gasteiger partial charge in [0.25, 0.3) is 5.91 Å². The molecule has 1 N–H and O–H groups in total. The summed E-state index contributed by atoms with van der Waals surface area (Å²) in [5.41, 5.74) is 0.374. The Bertz CT molecular complexity index is 338. The van der Waals surface area contributed by atoms with Gasteiger partial charge in [0.1, 0.15) is 0 Å². The molecule has 0 fully saturated rings. The highest BCUT2D eigenvalue weighted by atomic mass is 35.5. The van der Waals surface area contributed by atoms with E-state index < -0.39 is 0 Å². The Hall–Kier alpha value is -1.00. The Labute approximate surface area is 106 Å². The zero-order valence-corrected chi connectivity index (χ0v) is 10.8. The van der Waals surface area contributed by atoms with Crippen LogP contribution in [0.1, 0.15) is 36.5 Å². The summed E-state index contributed by atoms with van der Waals surface area (Å²) in [6, 6.07) is 1.55. The predicted octanol–water partition coefficient (Wildman–Crippen LogP) is 2.87. The third kappa shape index (κ3) is 5.24. The number of nitrogens with one attached hydrogen (secondary N) is 1. The largest absolute Gasteiger partial charge is 0.452 e. The summed E-state index contributed by atoms with van der Waals surface area (Å²) in [6.45, 7) is 4.15. The van der Waals surface area contributed by atoms with Crippen LogP contribution in [-0.4, -0.2) is 25.7 Å². The Morgan fingerprint density at radius 3 is 2.88 bits per heavy atom. The summed E-state index contributed by atoms with van der Waals surface area (Å²) in [4.78, 5) is 11.6. The molecule has 0 saturated carbocycles. The molecule has 1 amide bonds. The molecule has 0 aliphatic heterocycles. The van der Waals surface area contributed by atoms with Crippen molar-refractivity contribution in [1.29, 1.82) is 0 Å². The van der Waals surface area contributed by atoms with Crippen LogP contribution in [0.15, 0.2) is 16.7 Å². The second-order valence-corrected chi connectivity index (χ2v) is 4.03. The first-order valence-corrected chi connectivity index (χ1v) is 6.22. The highest BCUT2D eigenvalue weighted by Crippen LogP contribution is 2.15. The summed E-state index contributed by atoms with van der Waals surface area (Å²) in [7, 11) is 0. The average Bonchev–Trinajstić information content (AvgIpc) is 2.74. The number of rotatable bonds is 8. The van der Waals surface area contributed by atoms with Gasteiger partial charge in [-0.3, -0.25) is 4.79 Å². The summed E-state index contributed by atoms with van der Waals surface area (Å²) < 4.78 is 10.2. The third-order valence-corrected chi connectivity index (χ3v) is 2.55. The number of hydrogen-bond acceptors (Lipinski definition) is 3. The molecule has 0 saturated heterocycles. The van der Waals surface area contributed by atoms with Crippen molar-refractivity contribution in [3.63, 3.8) is 0 Å². The SMILES string of the molecule is CCCCOCCCNC(=O)c1ccoc1Cl. The molecule has 0 aromatic carbocycles. The summed E-state index contributed by atoms with van der Waals surface area (Å²) in [6.07, 6.45) is 4.41. The first-order valence-electron chi connectivity index (χ1n) is 5.84. The van der Waals surface area contributed by atoms with Gasteiger partial charge < -0.3 is 14.5 Å². The molecule has 0 aliphatic rings. The van der Waals surface area contributed by atoms with E-state index >= 15 is 0 Å². The summed E-state index contributed by atoms with van der Waals surface area (Å²) in [5.74, 6) is -0.211. The van der Waals surface area contributed by atoms with Crippen molar-refractivity contribution in [2.45, 2.75) is 26.2 Å².